The molecule has 0 bridgehead atoms. The van der Waals surface area contributed by atoms with Crippen LogP contribution in [0.3, 0.4) is 0 Å². The van der Waals surface area contributed by atoms with Crippen molar-refractivity contribution in [2.75, 3.05) is 6.61 Å². The molecule has 0 atom stereocenters. The maximum absolute atomic E-state index is 12.3. The van der Waals surface area contributed by atoms with Gasteiger partial charge in [-0.1, -0.05) is 79.0 Å². The van der Waals surface area contributed by atoms with E-state index < -0.39 is 5.97 Å². The van der Waals surface area contributed by atoms with Gasteiger partial charge in [0, 0.05) is 6.08 Å². The quantitative estimate of drug-likeness (QED) is 0.231. The second-order valence-electron chi connectivity index (χ2n) is 9.59. The molecule has 0 amide bonds. The summed E-state index contributed by atoms with van der Waals surface area (Å²) >= 11 is 1.39. The first-order valence-corrected chi connectivity index (χ1v) is 12.6. The second-order valence-corrected chi connectivity index (χ2v) is 10.6. The molecule has 1 aliphatic rings. The molecule has 0 aliphatic heterocycles. The van der Waals surface area contributed by atoms with Crippen LogP contribution in [0, 0.1) is 5.41 Å². The Bertz CT molecular complexity index is 1250. The lowest BCUT2D eigenvalue weighted by molar-refractivity contribution is -0.138. The Kier molecular flexibility index (Phi) is 8.67. The van der Waals surface area contributed by atoms with Crippen molar-refractivity contribution in [3.63, 3.8) is 0 Å². The van der Waals surface area contributed by atoms with Gasteiger partial charge in [-0.25, -0.2) is 4.79 Å². The highest BCUT2D eigenvalue weighted by atomic mass is 32.1. The van der Waals surface area contributed by atoms with Crippen LogP contribution < -0.4 is 5.56 Å². The van der Waals surface area contributed by atoms with Gasteiger partial charge in [-0.15, -0.1) is 0 Å². The van der Waals surface area contributed by atoms with Gasteiger partial charge in [-0.05, 0) is 68.7 Å². The Morgan fingerprint density at radius 3 is 2.68 bits per heavy atom. The van der Waals surface area contributed by atoms with Gasteiger partial charge in [-0.3, -0.25) is 8.75 Å². The van der Waals surface area contributed by atoms with Gasteiger partial charge < -0.3 is 4.74 Å². The molecule has 2 aromatic rings. The van der Waals surface area contributed by atoms with Crippen molar-refractivity contribution in [1.29, 1.82) is 0 Å². The van der Waals surface area contributed by atoms with Crippen LogP contribution in [0.15, 0.2) is 87.8 Å². The maximum Gasteiger partial charge on any atom is 0.331 e. The molecule has 180 valence electrons. The summed E-state index contributed by atoms with van der Waals surface area (Å²) in [5, 5.41) is 0.701. The first-order chi connectivity index (χ1) is 16.2. The summed E-state index contributed by atoms with van der Waals surface area (Å²) in [4.78, 5) is 24.5. The average Bonchev–Trinajstić information content (AvgIpc) is 3.08. The molecule has 1 aliphatic carbocycles. The van der Waals surface area contributed by atoms with E-state index in [0.717, 1.165) is 15.8 Å². The molecule has 0 spiro atoms. The Balaban J connectivity index is 1.51. The predicted octanol–water partition coefficient (Wildman–Crippen LogP) is 7.14. The minimum absolute atomic E-state index is 0.0407. The van der Waals surface area contributed by atoms with Crippen molar-refractivity contribution < 1.29 is 9.53 Å². The smallest absolute Gasteiger partial charge is 0.331 e. The number of hydrogen-bond donors (Lipinski definition) is 0. The molecule has 0 unspecified atom stereocenters. The molecule has 4 nitrogen and oxygen atoms in total. The van der Waals surface area contributed by atoms with Crippen molar-refractivity contribution in [2.45, 2.75) is 60.4 Å². The number of allylic oxidation sites excluding steroid dienone is 9. The molecule has 1 aromatic carbocycles. The lowest BCUT2D eigenvalue weighted by atomic mass is 9.72. The van der Waals surface area contributed by atoms with Crippen molar-refractivity contribution in [1.82, 2.24) is 3.96 Å². The van der Waals surface area contributed by atoms with Gasteiger partial charge in [0.25, 0.3) is 5.56 Å². The van der Waals surface area contributed by atoms with Crippen LogP contribution in [-0.2, 0) is 16.1 Å². The van der Waals surface area contributed by atoms with Crippen LogP contribution in [0.4, 0.5) is 0 Å². The van der Waals surface area contributed by atoms with Gasteiger partial charge in [-0.2, -0.15) is 0 Å². The van der Waals surface area contributed by atoms with Gasteiger partial charge in [0.2, 0.25) is 0 Å². The zero-order chi connectivity index (χ0) is 24.7. The van der Waals surface area contributed by atoms with E-state index in [0.29, 0.717) is 11.9 Å². The van der Waals surface area contributed by atoms with E-state index >= 15 is 0 Å². The maximum atomic E-state index is 12.3. The number of hydrogen-bond acceptors (Lipinski definition) is 4. The normalized spacial score (nSPS) is 17.3. The molecule has 0 fully saturated rings. The highest BCUT2D eigenvalue weighted by Gasteiger charge is 2.26. The van der Waals surface area contributed by atoms with E-state index in [9.17, 15) is 9.59 Å². The van der Waals surface area contributed by atoms with Crippen LogP contribution in [0.1, 0.15) is 53.9 Å². The summed E-state index contributed by atoms with van der Waals surface area (Å²) in [5.74, 6) is -0.404. The fourth-order valence-electron chi connectivity index (χ4n) is 4.30. The molecular weight excluding hydrogens is 442 g/mol. The summed E-state index contributed by atoms with van der Waals surface area (Å²) < 4.78 is 7.86. The van der Waals surface area contributed by atoms with Crippen molar-refractivity contribution in [2.24, 2.45) is 5.41 Å². The third-order valence-electron chi connectivity index (χ3n) is 6.21. The van der Waals surface area contributed by atoms with E-state index in [2.05, 4.69) is 39.8 Å². The standard InChI is InChI=1S/C29H35NO3S/c1-21(15-16-25-23(3)12-9-17-29(25,4)5)10-8-11-22(2)20-27(31)33-19-18-30-28(32)24-13-6-7-14-26(24)34-30/h6-8,10-11,13-16,20H,9,12,17-19H2,1-5H3. The topological polar surface area (TPSA) is 48.3 Å². The number of carbonyl (C=O) groups is 1. The second kappa shape index (κ2) is 11.5. The first kappa shape index (κ1) is 25.7. The van der Waals surface area contributed by atoms with Crippen LogP contribution >= 0.6 is 11.5 Å². The largest absolute Gasteiger partial charge is 0.461 e. The minimum atomic E-state index is -0.404. The van der Waals surface area contributed by atoms with Crippen LogP contribution in [0.5, 0.6) is 0 Å². The molecule has 0 saturated carbocycles. The Morgan fingerprint density at radius 1 is 1.18 bits per heavy atom. The molecule has 1 aromatic heterocycles. The minimum Gasteiger partial charge on any atom is -0.461 e. The Labute approximate surface area is 206 Å². The van der Waals surface area contributed by atoms with Gasteiger partial charge in [0.15, 0.2) is 0 Å². The number of carbonyl (C=O) groups excluding carboxylic acids is 1. The van der Waals surface area contributed by atoms with Gasteiger partial charge in [0.05, 0.1) is 16.6 Å². The first-order valence-electron chi connectivity index (χ1n) is 11.8. The highest BCUT2D eigenvalue weighted by molar-refractivity contribution is 7.13. The average molecular weight is 478 g/mol. The number of ether oxygens (including phenoxy) is 1. The van der Waals surface area contributed by atoms with Crippen molar-refractivity contribution >= 4 is 27.6 Å². The Hall–Kier alpha value is -2.92. The number of esters is 1. The molecule has 0 saturated heterocycles. The predicted molar refractivity (Wildman–Crippen MR) is 143 cm³/mol. The fourth-order valence-corrected chi connectivity index (χ4v) is 5.28. The number of fused-ring (bicyclic) bond motifs is 1. The van der Waals surface area contributed by atoms with Crippen molar-refractivity contribution in [3.8, 4) is 0 Å². The summed E-state index contributed by atoms with van der Waals surface area (Å²) in [5.41, 5.74) is 5.10. The zero-order valence-electron chi connectivity index (χ0n) is 20.9. The number of rotatable bonds is 8. The third-order valence-corrected chi connectivity index (χ3v) is 7.33. The summed E-state index contributed by atoms with van der Waals surface area (Å²) in [6.07, 6.45) is 15.5. The van der Waals surface area contributed by atoms with E-state index in [-0.39, 0.29) is 17.6 Å². The monoisotopic (exact) mass is 477 g/mol. The highest BCUT2D eigenvalue weighted by Crippen LogP contribution is 2.40. The van der Waals surface area contributed by atoms with E-state index in [1.165, 1.54) is 48.0 Å². The third kappa shape index (κ3) is 6.80. The van der Waals surface area contributed by atoms with E-state index in [4.69, 9.17) is 4.74 Å². The lowest BCUT2D eigenvalue weighted by Crippen LogP contribution is -2.19. The molecule has 0 N–H and O–H groups in total. The Morgan fingerprint density at radius 2 is 1.94 bits per heavy atom. The molecule has 0 radical (unpaired) electrons. The fraction of sp³-hybridized carbons (Fsp3) is 0.379. The zero-order valence-corrected chi connectivity index (χ0v) is 21.7. The number of nitrogens with zero attached hydrogens (tertiary/aromatic N) is 1. The molecular formula is C29H35NO3S. The molecule has 1 heterocycles. The van der Waals surface area contributed by atoms with Crippen LogP contribution in [0.2, 0.25) is 0 Å². The summed E-state index contributed by atoms with van der Waals surface area (Å²) in [6.45, 7) is 11.3. The molecule has 3 rings (SSSR count). The molecule has 5 heteroatoms. The van der Waals surface area contributed by atoms with Crippen molar-refractivity contribution in [3.05, 3.63) is 93.4 Å². The summed E-state index contributed by atoms with van der Waals surface area (Å²) in [6, 6.07) is 7.50. The van der Waals surface area contributed by atoms with Crippen LogP contribution in [-0.4, -0.2) is 16.5 Å². The van der Waals surface area contributed by atoms with Gasteiger partial charge in [0.1, 0.15) is 6.61 Å². The number of benzene rings is 1. The van der Waals surface area contributed by atoms with Gasteiger partial charge >= 0.3 is 5.97 Å². The number of aromatic nitrogens is 1. The molecule has 34 heavy (non-hydrogen) atoms. The van der Waals surface area contributed by atoms with E-state index in [1.807, 2.05) is 49.4 Å². The summed E-state index contributed by atoms with van der Waals surface area (Å²) in [7, 11) is 0. The lowest BCUT2D eigenvalue weighted by Gasteiger charge is -2.32. The van der Waals surface area contributed by atoms with E-state index in [1.54, 1.807) is 3.96 Å². The SMILES string of the molecule is CC(C=CC1=C(C)CCCC1(C)C)=CC=CC(C)=CC(=O)OCCn1sc2ccccc2c1=O. The van der Waals surface area contributed by atoms with Crippen LogP contribution in [0.25, 0.3) is 10.1 Å².